The fraction of sp³-hybridized carbons (Fsp3) is 0.231. The summed E-state index contributed by atoms with van der Waals surface area (Å²) in [6, 6.07) is 8.16. The van der Waals surface area contributed by atoms with Crippen LogP contribution in [0.5, 0.6) is 0 Å². The van der Waals surface area contributed by atoms with Gasteiger partial charge in [0.2, 0.25) is 5.95 Å². The Kier molecular flexibility index (Phi) is 4.28. The normalized spacial score (nSPS) is 12.2. The number of halogens is 1. The van der Waals surface area contributed by atoms with E-state index in [9.17, 15) is 0 Å². The number of aromatic nitrogens is 2. The van der Waals surface area contributed by atoms with Crippen molar-refractivity contribution < 1.29 is 0 Å². The van der Waals surface area contributed by atoms with Crippen molar-refractivity contribution in [3.63, 3.8) is 0 Å². The summed E-state index contributed by atoms with van der Waals surface area (Å²) in [7, 11) is 0. The van der Waals surface area contributed by atoms with Crippen LogP contribution in [0.25, 0.3) is 11.1 Å². The topological polar surface area (TPSA) is 63.8 Å². The van der Waals surface area contributed by atoms with Gasteiger partial charge in [0.25, 0.3) is 0 Å². The molecule has 5 heteroatoms. The predicted molar refractivity (Wildman–Crippen MR) is 77.3 cm³/mol. The molecule has 0 bridgehead atoms. The predicted octanol–water partition coefficient (Wildman–Crippen LogP) is 2.67. The minimum Gasteiger partial charge on any atom is -0.351 e. The molecule has 0 aliphatic rings. The van der Waals surface area contributed by atoms with E-state index in [0.29, 0.717) is 12.5 Å². The summed E-state index contributed by atoms with van der Waals surface area (Å²) in [6.45, 7) is 2.54. The molecule has 3 N–H and O–H groups in total. The number of hydrogen-bond donors (Lipinski definition) is 2. The Balaban J connectivity index is 2.20. The fourth-order valence-electron chi connectivity index (χ4n) is 1.52. The Bertz CT molecular complexity index is 513. The van der Waals surface area contributed by atoms with Crippen LogP contribution in [-0.2, 0) is 0 Å². The quantitative estimate of drug-likeness (QED) is 0.911. The van der Waals surface area contributed by atoms with Crippen molar-refractivity contribution in [1.29, 1.82) is 0 Å². The van der Waals surface area contributed by atoms with Gasteiger partial charge in [-0.1, -0.05) is 34.1 Å². The number of rotatable bonds is 4. The molecule has 1 aromatic heterocycles. The van der Waals surface area contributed by atoms with E-state index in [2.05, 4.69) is 31.2 Å². The third-order valence-corrected chi connectivity index (χ3v) is 3.26. The largest absolute Gasteiger partial charge is 0.351 e. The van der Waals surface area contributed by atoms with Crippen molar-refractivity contribution in [2.75, 3.05) is 11.9 Å². The van der Waals surface area contributed by atoms with Gasteiger partial charge in [-0.25, -0.2) is 9.97 Å². The van der Waals surface area contributed by atoms with Gasteiger partial charge >= 0.3 is 0 Å². The molecule has 0 aliphatic carbocycles. The first-order chi connectivity index (χ1) is 8.70. The van der Waals surface area contributed by atoms with E-state index in [1.807, 2.05) is 31.2 Å². The van der Waals surface area contributed by atoms with E-state index >= 15 is 0 Å². The highest BCUT2D eigenvalue weighted by Gasteiger charge is 2.05. The molecular formula is C13H15BrN4. The van der Waals surface area contributed by atoms with Crippen LogP contribution in [0.4, 0.5) is 5.95 Å². The average Bonchev–Trinajstić information content (AvgIpc) is 2.40. The lowest BCUT2D eigenvalue weighted by Gasteiger charge is -2.11. The number of nitrogens with two attached hydrogens (primary N) is 1. The maximum atomic E-state index is 5.54. The minimum absolute atomic E-state index is 0.166. The van der Waals surface area contributed by atoms with E-state index in [1.54, 1.807) is 12.4 Å². The van der Waals surface area contributed by atoms with Crippen molar-refractivity contribution in [2.24, 2.45) is 5.73 Å². The number of nitrogens with zero attached hydrogens (tertiary/aromatic N) is 2. The van der Waals surface area contributed by atoms with Crippen LogP contribution in [0.2, 0.25) is 0 Å². The molecule has 1 heterocycles. The highest BCUT2D eigenvalue weighted by molar-refractivity contribution is 9.10. The molecule has 0 saturated heterocycles. The van der Waals surface area contributed by atoms with Gasteiger partial charge in [0.15, 0.2) is 0 Å². The molecule has 1 aromatic carbocycles. The highest BCUT2D eigenvalue weighted by Crippen LogP contribution is 2.26. The standard InChI is InChI=1S/C13H15BrN4/c1-9(6-15)18-13-16-7-10(8-17-13)11-4-2-3-5-12(11)14/h2-5,7-9H,6,15H2,1H3,(H,16,17,18). The summed E-state index contributed by atoms with van der Waals surface area (Å²) in [5, 5.41) is 3.13. The van der Waals surface area contributed by atoms with Gasteiger partial charge < -0.3 is 11.1 Å². The van der Waals surface area contributed by atoms with E-state index in [1.165, 1.54) is 0 Å². The zero-order chi connectivity index (χ0) is 13.0. The molecule has 0 saturated carbocycles. The van der Waals surface area contributed by atoms with Gasteiger partial charge in [-0.15, -0.1) is 0 Å². The zero-order valence-corrected chi connectivity index (χ0v) is 11.7. The zero-order valence-electron chi connectivity index (χ0n) is 10.1. The van der Waals surface area contributed by atoms with Crippen molar-refractivity contribution >= 4 is 21.9 Å². The highest BCUT2D eigenvalue weighted by atomic mass is 79.9. The third-order valence-electron chi connectivity index (χ3n) is 2.57. The smallest absolute Gasteiger partial charge is 0.222 e. The van der Waals surface area contributed by atoms with Crippen LogP contribution < -0.4 is 11.1 Å². The first kappa shape index (κ1) is 13.0. The second-order valence-electron chi connectivity index (χ2n) is 4.06. The molecule has 4 nitrogen and oxygen atoms in total. The van der Waals surface area contributed by atoms with Crippen molar-refractivity contribution in [2.45, 2.75) is 13.0 Å². The van der Waals surface area contributed by atoms with Crippen LogP contribution in [0, 0.1) is 0 Å². The van der Waals surface area contributed by atoms with Crippen LogP contribution >= 0.6 is 15.9 Å². The van der Waals surface area contributed by atoms with Gasteiger partial charge in [-0.3, -0.25) is 0 Å². The van der Waals surface area contributed by atoms with Crippen molar-refractivity contribution in [1.82, 2.24) is 9.97 Å². The van der Waals surface area contributed by atoms with Crippen LogP contribution in [0.1, 0.15) is 6.92 Å². The SMILES string of the molecule is CC(CN)Nc1ncc(-c2ccccc2Br)cn1. The molecule has 94 valence electrons. The maximum Gasteiger partial charge on any atom is 0.222 e. The van der Waals surface area contributed by atoms with E-state index < -0.39 is 0 Å². The van der Waals surface area contributed by atoms with Crippen molar-refractivity contribution in [3.8, 4) is 11.1 Å². The second kappa shape index (κ2) is 5.93. The van der Waals surface area contributed by atoms with E-state index in [-0.39, 0.29) is 6.04 Å². The van der Waals surface area contributed by atoms with Crippen molar-refractivity contribution in [3.05, 3.63) is 41.1 Å². The summed E-state index contributed by atoms with van der Waals surface area (Å²) in [5.74, 6) is 0.601. The van der Waals surface area contributed by atoms with E-state index in [0.717, 1.165) is 15.6 Å². The minimum atomic E-state index is 0.166. The van der Waals surface area contributed by atoms with Crippen LogP contribution in [0.15, 0.2) is 41.1 Å². The lowest BCUT2D eigenvalue weighted by molar-refractivity contribution is 0.790. The number of hydrogen-bond acceptors (Lipinski definition) is 4. The molecular weight excluding hydrogens is 292 g/mol. The Hall–Kier alpha value is -1.46. The molecule has 1 atom stereocenters. The Labute approximate surface area is 115 Å². The molecule has 2 aromatic rings. The number of anilines is 1. The summed E-state index contributed by atoms with van der Waals surface area (Å²) < 4.78 is 1.03. The second-order valence-corrected chi connectivity index (χ2v) is 4.91. The average molecular weight is 307 g/mol. The molecule has 18 heavy (non-hydrogen) atoms. The lowest BCUT2D eigenvalue weighted by atomic mass is 10.1. The summed E-state index contributed by atoms with van der Waals surface area (Å²) in [4.78, 5) is 8.57. The molecule has 0 aliphatic heterocycles. The summed E-state index contributed by atoms with van der Waals surface area (Å²) in [5.41, 5.74) is 7.60. The van der Waals surface area contributed by atoms with E-state index in [4.69, 9.17) is 5.73 Å². The van der Waals surface area contributed by atoms with Gasteiger partial charge in [-0.2, -0.15) is 0 Å². The fourth-order valence-corrected chi connectivity index (χ4v) is 2.03. The van der Waals surface area contributed by atoms with Crippen LogP contribution in [0.3, 0.4) is 0 Å². The van der Waals surface area contributed by atoms with Gasteiger partial charge in [-0.05, 0) is 18.6 Å². The first-order valence-corrected chi connectivity index (χ1v) is 6.53. The van der Waals surface area contributed by atoms with Gasteiger partial charge in [0, 0.05) is 35.0 Å². The first-order valence-electron chi connectivity index (χ1n) is 5.74. The molecule has 0 amide bonds. The third kappa shape index (κ3) is 3.05. The molecule has 0 spiro atoms. The number of nitrogens with one attached hydrogen (secondary N) is 1. The Morgan fingerprint density at radius 2 is 1.94 bits per heavy atom. The Morgan fingerprint density at radius 1 is 1.28 bits per heavy atom. The summed E-state index contributed by atoms with van der Waals surface area (Å²) >= 11 is 3.52. The molecule has 1 unspecified atom stereocenters. The molecule has 2 rings (SSSR count). The monoisotopic (exact) mass is 306 g/mol. The van der Waals surface area contributed by atoms with Gasteiger partial charge in [0.05, 0.1) is 0 Å². The number of benzene rings is 1. The maximum absolute atomic E-state index is 5.54. The molecule has 0 fully saturated rings. The lowest BCUT2D eigenvalue weighted by Crippen LogP contribution is -2.26. The van der Waals surface area contributed by atoms with Crippen LogP contribution in [-0.4, -0.2) is 22.6 Å². The van der Waals surface area contributed by atoms with Gasteiger partial charge in [0.1, 0.15) is 0 Å². The summed E-state index contributed by atoms with van der Waals surface area (Å²) in [6.07, 6.45) is 3.61. The molecule has 0 radical (unpaired) electrons. The Morgan fingerprint density at radius 3 is 2.56 bits per heavy atom.